The van der Waals surface area contributed by atoms with Crippen LogP contribution < -0.4 is 5.32 Å². The molecule has 4 rings (SSSR count). The molecule has 158 valence electrons. The molecule has 2 heterocycles. The van der Waals surface area contributed by atoms with Crippen LogP contribution in [-0.2, 0) is 13.1 Å². The van der Waals surface area contributed by atoms with Crippen LogP contribution in [0.2, 0.25) is 10.0 Å². The van der Waals surface area contributed by atoms with Gasteiger partial charge in [0.1, 0.15) is 11.4 Å². The zero-order valence-corrected chi connectivity index (χ0v) is 18.7. The van der Waals surface area contributed by atoms with Crippen LogP contribution in [0.1, 0.15) is 31.0 Å². The molecule has 1 aliphatic rings. The Kier molecular flexibility index (Phi) is 7.05. The molecule has 1 atom stereocenters. The number of rotatable bonds is 8. The number of hydrogen-bond donors (Lipinski definition) is 1. The lowest BCUT2D eigenvalue weighted by Crippen LogP contribution is -2.37. The molecule has 0 amide bonds. The molecule has 1 fully saturated rings. The number of hydrogen-bond acceptors (Lipinski definition) is 4. The normalized spacial score (nSPS) is 17.0. The van der Waals surface area contributed by atoms with Gasteiger partial charge in [0, 0.05) is 34.7 Å². The van der Waals surface area contributed by atoms with E-state index in [1.54, 1.807) is 10.9 Å². The molecule has 0 aliphatic carbocycles. The SMILES string of the molecule is CCN1CCC[C@@H]1CNCc1nn(Cc2ccc(Cl)cc2Cl)nc1-c1ccccc1. The van der Waals surface area contributed by atoms with Gasteiger partial charge in [-0.1, -0.05) is 66.5 Å². The van der Waals surface area contributed by atoms with Gasteiger partial charge >= 0.3 is 0 Å². The highest BCUT2D eigenvalue weighted by Gasteiger charge is 2.22. The maximum Gasteiger partial charge on any atom is 0.117 e. The summed E-state index contributed by atoms with van der Waals surface area (Å²) < 4.78 is 0. The van der Waals surface area contributed by atoms with Crippen molar-refractivity contribution in [2.45, 2.75) is 38.9 Å². The highest BCUT2D eigenvalue weighted by atomic mass is 35.5. The molecular weight excluding hydrogens is 417 g/mol. The molecule has 0 spiro atoms. The zero-order chi connectivity index (χ0) is 20.9. The van der Waals surface area contributed by atoms with Crippen molar-refractivity contribution >= 4 is 23.2 Å². The molecular formula is C23H27Cl2N5. The summed E-state index contributed by atoms with van der Waals surface area (Å²) in [4.78, 5) is 4.27. The Labute approximate surface area is 188 Å². The number of nitrogens with one attached hydrogen (secondary N) is 1. The summed E-state index contributed by atoms with van der Waals surface area (Å²) in [7, 11) is 0. The van der Waals surface area contributed by atoms with Crippen LogP contribution in [0.5, 0.6) is 0 Å². The van der Waals surface area contributed by atoms with Crippen molar-refractivity contribution < 1.29 is 0 Å². The Hall–Kier alpha value is -1.92. The lowest BCUT2D eigenvalue weighted by molar-refractivity contribution is 0.259. The third-order valence-corrected chi connectivity index (χ3v) is 6.26. The van der Waals surface area contributed by atoms with E-state index in [0.717, 1.165) is 35.6 Å². The number of halogens is 2. The first-order chi connectivity index (χ1) is 14.6. The quantitative estimate of drug-likeness (QED) is 0.538. The Morgan fingerprint density at radius 2 is 1.93 bits per heavy atom. The first-order valence-electron chi connectivity index (χ1n) is 10.5. The predicted molar refractivity (Wildman–Crippen MR) is 123 cm³/mol. The fourth-order valence-corrected chi connectivity index (χ4v) is 4.56. The highest BCUT2D eigenvalue weighted by Crippen LogP contribution is 2.24. The molecule has 3 aromatic rings. The van der Waals surface area contributed by atoms with Crippen molar-refractivity contribution in [3.8, 4) is 11.3 Å². The lowest BCUT2D eigenvalue weighted by atomic mass is 10.1. The average molecular weight is 444 g/mol. The Morgan fingerprint density at radius 1 is 1.10 bits per heavy atom. The van der Waals surface area contributed by atoms with E-state index >= 15 is 0 Å². The molecule has 0 radical (unpaired) electrons. The van der Waals surface area contributed by atoms with Crippen LogP contribution in [0.15, 0.2) is 48.5 Å². The smallest absolute Gasteiger partial charge is 0.117 e. The van der Waals surface area contributed by atoms with E-state index in [4.69, 9.17) is 33.4 Å². The number of likely N-dealkylation sites (N-methyl/N-ethyl adjacent to an activating group) is 1. The van der Waals surface area contributed by atoms with E-state index in [-0.39, 0.29) is 0 Å². The Morgan fingerprint density at radius 3 is 2.70 bits per heavy atom. The first kappa shape index (κ1) is 21.3. The molecule has 0 saturated carbocycles. The molecule has 1 saturated heterocycles. The van der Waals surface area contributed by atoms with Gasteiger partial charge < -0.3 is 5.32 Å². The summed E-state index contributed by atoms with van der Waals surface area (Å²) in [5.74, 6) is 0. The van der Waals surface area contributed by atoms with E-state index in [0.29, 0.717) is 29.2 Å². The van der Waals surface area contributed by atoms with E-state index in [1.165, 1.54) is 19.4 Å². The highest BCUT2D eigenvalue weighted by molar-refractivity contribution is 6.35. The monoisotopic (exact) mass is 443 g/mol. The van der Waals surface area contributed by atoms with Crippen molar-refractivity contribution in [3.63, 3.8) is 0 Å². The number of aromatic nitrogens is 3. The fourth-order valence-electron chi connectivity index (χ4n) is 4.09. The second-order valence-corrected chi connectivity index (χ2v) is 8.53. The molecule has 5 nitrogen and oxygen atoms in total. The summed E-state index contributed by atoms with van der Waals surface area (Å²) in [6.45, 7) is 6.71. The molecule has 1 aromatic heterocycles. The maximum absolute atomic E-state index is 6.36. The summed E-state index contributed by atoms with van der Waals surface area (Å²) in [6, 6.07) is 16.3. The summed E-state index contributed by atoms with van der Waals surface area (Å²) in [5, 5.41) is 14.4. The molecule has 1 aliphatic heterocycles. The molecule has 0 bridgehead atoms. The average Bonchev–Trinajstić information content (AvgIpc) is 3.37. The minimum atomic E-state index is 0.502. The molecule has 7 heteroatoms. The minimum absolute atomic E-state index is 0.502. The summed E-state index contributed by atoms with van der Waals surface area (Å²) >= 11 is 12.4. The van der Waals surface area contributed by atoms with Gasteiger partial charge in [-0.15, -0.1) is 0 Å². The van der Waals surface area contributed by atoms with Gasteiger partial charge in [-0.2, -0.15) is 15.0 Å². The maximum atomic E-state index is 6.36. The van der Waals surface area contributed by atoms with Gasteiger partial charge in [-0.25, -0.2) is 0 Å². The van der Waals surface area contributed by atoms with Crippen LogP contribution in [0.4, 0.5) is 0 Å². The number of benzene rings is 2. The second-order valence-electron chi connectivity index (χ2n) is 7.68. The zero-order valence-electron chi connectivity index (χ0n) is 17.2. The Balaban J connectivity index is 1.52. The topological polar surface area (TPSA) is 46.0 Å². The van der Waals surface area contributed by atoms with Gasteiger partial charge in [0.05, 0.1) is 6.54 Å². The summed E-state index contributed by atoms with van der Waals surface area (Å²) in [5.41, 5.74) is 3.87. The molecule has 2 aromatic carbocycles. The van der Waals surface area contributed by atoms with Gasteiger partial charge in [0.25, 0.3) is 0 Å². The predicted octanol–water partition coefficient (Wildman–Crippen LogP) is 4.87. The molecule has 0 unspecified atom stereocenters. The van der Waals surface area contributed by atoms with Gasteiger partial charge in [-0.3, -0.25) is 4.90 Å². The van der Waals surface area contributed by atoms with Crippen molar-refractivity contribution in [1.29, 1.82) is 0 Å². The van der Waals surface area contributed by atoms with E-state index in [9.17, 15) is 0 Å². The van der Waals surface area contributed by atoms with Gasteiger partial charge in [0.15, 0.2) is 0 Å². The van der Waals surface area contributed by atoms with Crippen molar-refractivity contribution in [1.82, 2.24) is 25.2 Å². The first-order valence-corrected chi connectivity index (χ1v) is 11.3. The van der Waals surface area contributed by atoms with Gasteiger partial charge in [0.2, 0.25) is 0 Å². The molecule has 30 heavy (non-hydrogen) atoms. The van der Waals surface area contributed by atoms with Crippen molar-refractivity contribution in [2.24, 2.45) is 0 Å². The third kappa shape index (κ3) is 5.03. The lowest BCUT2D eigenvalue weighted by Gasteiger charge is -2.22. The minimum Gasteiger partial charge on any atom is -0.309 e. The van der Waals surface area contributed by atoms with Crippen molar-refractivity contribution in [2.75, 3.05) is 19.6 Å². The van der Waals surface area contributed by atoms with Gasteiger partial charge in [-0.05, 0) is 43.6 Å². The standard InChI is InChI=1S/C23H27Cl2N5/c1-2-29-12-6-9-20(29)14-26-15-22-23(17-7-4-3-5-8-17)28-30(27-22)16-18-10-11-19(24)13-21(18)25/h3-5,7-8,10-11,13,20,26H,2,6,9,12,14-16H2,1H3/t20-/m1/s1. The largest absolute Gasteiger partial charge is 0.309 e. The Bertz CT molecular complexity index is 973. The molecule has 1 N–H and O–H groups in total. The van der Waals surface area contributed by atoms with Crippen LogP contribution in [0.25, 0.3) is 11.3 Å². The number of likely N-dealkylation sites (tertiary alicyclic amines) is 1. The second kappa shape index (κ2) is 9.92. The van der Waals surface area contributed by atoms with Crippen LogP contribution in [-0.4, -0.2) is 45.6 Å². The van der Waals surface area contributed by atoms with Crippen LogP contribution in [0, 0.1) is 0 Å². The van der Waals surface area contributed by atoms with E-state index in [2.05, 4.69) is 29.3 Å². The van der Waals surface area contributed by atoms with Crippen LogP contribution >= 0.6 is 23.2 Å². The fraction of sp³-hybridized carbons (Fsp3) is 0.391. The van der Waals surface area contributed by atoms with Crippen LogP contribution in [0.3, 0.4) is 0 Å². The summed E-state index contributed by atoms with van der Waals surface area (Å²) in [6.07, 6.45) is 2.54. The number of nitrogens with zero attached hydrogens (tertiary/aromatic N) is 4. The third-order valence-electron chi connectivity index (χ3n) is 5.68. The van der Waals surface area contributed by atoms with Crippen molar-refractivity contribution in [3.05, 3.63) is 69.8 Å². The van der Waals surface area contributed by atoms with E-state index < -0.39 is 0 Å². The van der Waals surface area contributed by atoms with E-state index in [1.807, 2.05) is 30.3 Å².